The van der Waals surface area contributed by atoms with Gasteiger partial charge < -0.3 is 9.84 Å². The third kappa shape index (κ3) is 4.91. The molecule has 4 rings (SSSR count). The number of aromatic nitrogens is 4. The highest BCUT2D eigenvalue weighted by Gasteiger charge is 2.34. The van der Waals surface area contributed by atoms with Gasteiger partial charge in [0.2, 0.25) is 0 Å². The lowest BCUT2D eigenvalue weighted by atomic mass is 9.98. The zero-order valence-corrected chi connectivity index (χ0v) is 17.5. The second kappa shape index (κ2) is 9.25. The molecule has 1 aliphatic rings. The van der Waals surface area contributed by atoms with Crippen molar-refractivity contribution in [2.45, 2.75) is 37.7 Å². The van der Waals surface area contributed by atoms with E-state index in [1.165, 1.54) is 6.07 Å². The van der Waals surface area contributed by atoms with Gasteiger partial charge in [0.1, 0.15) is 5.75 Å². The molecule has 1 saturated heterocycles. The van der Waals surface area contributed by atoms with E-state index in [1.54, 1.807) is 17.9 Å². The third-order valence-corrected chi connectivity index (χ3v) is 5.69. The molecule has 2 aromatic carbocycles. The molecular weight excluding hydrogens is 423 g/mol. The number of halogens is 3. The maximum absolute atomic E-state index is 13.4. The minimum absolute atomic E-state index is 0.359. The summed E-state index contributed by atoms with van der Waals surface area (Å²) in [5.74, 6) is 1.18. The van der Waals surface area contributed by atoms with Crippen molar-refractivity contribution in [1.29, 1.82) is 0 Å². The number of likely N-dealkylation sites (tertiary alicyclic amines) is 1. The number of aliphatic hydroxyl groups excluding tert-OH is 1. The van der Waals surface area contributed by atoms with Crippen LogP contribution in [0.1, 0.15) is 41.4 Å². The van der Waals surface area contributed by atoms with E-state index in [9.17, 15) is 18.3 Å². The molecule has 1 N–H and O–H groups in total. The number of tetrazole rings is 1. The first-order valence-corrected chi connectivity index (χ1v) is 10.3. The van der Waals surface area contributed by atoms with Gasteiger partial charge in [0, 0.05) is 13.1 Å². The molecule has 0 spiro atoms. The van der Waals surface area contributed by atoms with Gasteiger partial charge in [-0.25, -0.2) is 4.68 Å². The number of hydrogen-bond acceptors (Lipinski definition) is 6. The number of nitrogens with zero attached hydrogens (tertiary/aromatic N) is 5. The van der Waals surface area contributed by atoms with Gasteiger partial charge >= 0.3 is 6.18 Å². The highest BCUT2D eigenvalue weighted by Crippen LogP contribution is 2.35. The van der Waals surface area contributed by atoms with Crippen LogP contribution < -0.4 is 4.74 Å². The molecule has 1 fully saturated rings. The summed E-state index contributed by atoms with van der Waals surface area (Å²) in [5, 5.41) is 22.0. The van der Waals surface area contributed by atoms with E-state index in [1.807, 2.05) is 29.2 Å². The van der Waals surface area contributed by atoms with Crippen LogP contribution in [0.4, 0.5) is 13.2 Å². The first kappa shape index (κ1) is 22.2. The Kier molecular flexibility index (Phi) is 6.43. The molecular formula is C22H24F3N5O2. The second-order valence-corrected chi connectivity index (χ2v) is 7.84. The summed E-state index contributed by atoms with van der Waals surface area (Å²) in [6, 6.07) is 12.1. The fourth-order valence-electron chi connectivity index (χ4n) is 3.98. The van der Waals surface area contributed by atoms with E-state index >= 15 is 0 Å². The van der Waals surface area contributed by atoms with Crippen molar-refractivity contribution in [2.75, 3.05) is 20.2 Å². The van der Waals surface area contributed by atoms with E-state index in [0.717, 1.165) is 23.4 Å². The lowest BCUT2D eigenvalue weighted by Gasteiger charge is -2.36. The number of ether oxygens (including phenoxy) is 1. The first-order chi connectivity index (χ1) is 15.3. The Labute approximate surface area is 183 Å². The van der Waals surface area contributed by atoms with Crippen molar-refractivity contribution in [3.63, 3.8) is 0 Å². The Morgan fingerprint density at radius 3 is 2.50 bits per heavy atom. The van der Waals surface area contributed by atoms with Crippen molar-refractivity contribution >= 4 is 0 Å². The Morgan fingerprint density at radius 1 is 1.12 bits per heavy atom. The van der Waals surface area contributed by atoms with Gasteiger partial charge in [-0.15, -0.1) is 5.10 Å². The molecule has 0 radical (unpaired) electrons. The van der Waals surface area contributed by atoms with Crippen molar-refractivity contribution in [1.82, 2.24) is 25.1 Å². The topological polar surface area (TPSA) is 76.3 Å². The van der Waals surface area contributed by atoms with Crippen LogP contribution in [0.25, 0.3) is 0 Å². The van der Waals surface area contributed by atoms with Gasteiger partial charge in [-0.1, -0.05) is 24.3 Å². The fraction of sp³-hybridized carbons (Fsp3) is 0.409. The van der Waals surface area contributed by atoms with Gasteiger partial charge in [0.25, 0.3) is 0 Å². The molecule has 0 aliphatic carbocycles. The smallest absolute Gasteiger partial charge is 0.416 e. The maximum Gasteiger partial charge on any atom is 0.416 e. The van der Waals surface area contributed by atoms with Gasteiger partial charge in [-0.2, -0.15) is 13.2 Å². The van der Waals surface area contributed by atoms with E-state index in [2.05, 4.69) is 15.5 Å². The van der Waals surface area contributed by atoms with E-state index in [4.69, 9.17) is 4.74 Å². The highest BCUT2D eigenvalue weighted by molar-refractivity contribution is 5.32. The number of benzene rings is 2. The summed E-state index contributed by atoms with van der Waals surface area (Å²) in [4.78, 5) is 2.03. The quantitative estimate of drug-likeness (QED) is 0.625. The summed E-state index contributed by atoms with van der Waals surface area (Å²) < 4.78 is 47.0. The molecule has 3 aromatic rings. The Morgan fingerprint density at radius 2 is 1.84 bits per heavy atom. The second-order valence-electron chi connectivity index (χ2n) is 7.84. The molecule has 1 atom stereocenters. The van der Waals surface area contributed by atoms with Crippen LogP contribution in [0.5, 0.6) is 5.75 Å². The minimum Gasteiger partial charge on any atom is -0.497 e. The molecule has 0 saturated carbocycles. The number of aliphatic hydroxyl groups is 1. The first-order valence-electron chi connectivity index (χ1n) is 10.3. The molecule has 0 amide bonds. The summed E-state index contributed by atoms with van der Waals surface area (Å²) in [7, 11) is 1.59. The van der Waals surface area contributed by atoms with Gasteiger partial charge in [0.15, 0.2) is 5.82 Å². The van der Waals surface area contributed by atoms with Crippen LogP contribution in [-0.2, 0) is 12.7 Å². The molecule has 10 heteroatoms. The zero-order valence-electron chi connectivity index (χ0n) is 17.5. The maximum atomic E-state index is 13.4. The molecule has 170 valence electrons. The molecule has 0 bridgehead atoms. The normalized spacial score (nSPS) is 16.8. The van der Waals surface area contributed by atoms with Crippen molar-refractivity contribution in [3.05, 3.63) is 71.0 Å². The van der Waals surface area contributed by atoms with Crippen molar-refractivity contribution in [3.8, 4) is 5.75 Å². The average molecular weight is 447 g/mol. The number of methoxy groups -OCH3 is 1. The van der Waals surface area contributed by atoms with E-state index < -0.39 is 23.9 Å². The van der Waals surface area contributed by atoms with Crippen molar-refractivity contribution < 1.29 is 23.0 Å². The highest BCUT2D eigenvalue weighted by atomic mass is 19.4. The van der Waals surface area contributed by atoms with E-state index in [-0.39, 0.29) is 0 Å². The van der Waals surface area contributed by atoms with Crippen LogP contribution in [0.3, 0.4) is 0 Å². The number of alkyl halides is 3. The predicted octanol–water partition coefficient (Wildman–Crippen LogP) is 3.29. The standard InChI is InChI=1S/C22H24F3N5O2/c1-32-19-7-5-15(6-8-19)14-30-21(26-27-28-30)20(29-11-9-18(31)10-12-29)16-3-2-4-17(13-16)22(23,24)25/h2-8,13,18,20,31H,9-12,14H2,1H3. The van der Waals surface area contributed by atoms with Crippen LogP contribution in [-0.4, -0.2) is 56.5 Å². The van der Waals surface area contributed by atoms with Crippen LogP contribution >= 0.6 is 0 Å². The largest absolute Gasteiger partial charge is 0.497 e. The van der Waals surface area contributed by atoms with Gasteiger partial charge in [0.05, 0.1) is 31.4 Å². The number of hydrogen-bond donors (Lipinski definition) is 1. The lowest BCUT2D eigenvalue weighted by molar-refractivity contribution is -0.137. The summed E-state index contributed by atoms with van der Waals surface area (Å²) >= 11 is 0. The Balaban J connectivity index is 1.70. The summed E-state index contributed by atoms with van der Waals surface area (Å²) in [6.07, 6.45) is -3.79. The summed E-state index contributed by atoms with van der Waals surface area (Å²) in [5.41, 5.74) is 0.671. The van der Waals surface area contributed by atoms with Crippen LogP contribution in [0, 0.1) is 0 Å². The summed E-state index contributed by atoms with van der Waals surface area (Å²) in [6.45, 7) is 1.41. The zero-order chi connectivity index (χ0) is 22.7. The predicted molar refractivity (Wildman–Crippen MR) is 110 cm³/mol. The molecule has 1 unspecified atom stereocenters. The Bertz CT molecular complexity index is 1030. The number of rotatable bonds is 6. The SMILES string of the molecule is COc1ccc(Cn2nnnc2C(c2cccc(C(F)(F)F)c2)N2CCC(O)CC2)cc1. The van der Waals surface area contributed by atoms with Crippen LogP contribution in [0.15, 0.2) is 48.5 Å². The van der Waals surface area contributed by atoms with Gasteiger partial charge in [-0.05, 0) is 58.7 Å². The monoisotopic (exact) mass is 447 g/mol. The molecule has 1 aromatic heterocycles. The van der Waals surface area contributed by atoms with Crippen molar-refractivity contribution in [2.24, 2.45) is 0 Å². The fourth-order valence-corrected chi connectivity index (χ4v) is 3.98. The molecule has 7 nitrogen and oxygen atoms in total. The average Bonchev–Trinajstić information content (AvgIpc) is 3.23. The molecule has 32 heavy (non-hydrogen) atoms. The Hall–Kier alpha value is -2.98. The molecule has 2 heterocycles. The van der Waals surface area contributed by atoms with E-state index in [0.29, 0.717) is 43.9 Å². The number of piperidine rings is 1. The third-order valence-electron chi connectivity index (χ3n) is 5.69. The van der Waals surface area contributed by atoms with Gasteiger partial charge in [-0.3, -0.25) is 4.90 Å². The lowest BCUT2D eigenvalue weighted by Crippen LogP contribution is -2.40. The molecule has 1 aliphatic heterocycles. The van der Waals surface area contributed by atoms with Crippen LogP contribution in [0.2, 0.25) is 0 Å². The minimum atomic E-state index is -4.45.